The van der Waals surface area contributed by atoms with Crippen LogP contribution in [0.25, 0.3) is 0 Å². The van der Waals surface area contributed by atoms with Crippen LogP contribution in [0, 0.1) is 0 Å². The lowest BCUT2D eigenvalue weighted by atomic mass is 10.1. The van der Waals surface area contributed by atoms with Gasteiger partial charge in [0.25, 0.3) is 0 Å². The second-order valence-corrected chi connectivity index (χ2v) is 4.75. The molecule has 0 aromatic carbocycles. The van der Waals surface area contributed by atoms with Crippen molar-refractivity contribution in [1.29, 1.82) is 0 Å². The maximum atomic E-state index is 3.53. The predicted molar refractivity (Wildman–Crippen MR) is 58.6 cm³/mol. The molecule has 2 rings (SSSR count). The van der Waals surface area contributed by atoms with E-state index in [1.165, 1.54) is 5.00 Å². The molecule has 1 N–H and O–H groups in total. The van der Waals surface area contributed by atoms with Crippen LogP contribution in [-0.4, -0.2) is 25.2 Å². The first-order chi connectivity index (χ1) is 6.25. The summed E-state index contributed by atoms with van der Waals surface area (Å²) in [6.45, 7) is 6.75. The van der Waals surface area contributed by atoms with Gasteiger partial charge < -0.3 is 10.2 Å². The zero-order valence-electron chi connectivity index (χ0n) is 8.16. The predicted octanol–water partition coefficient (Wildman–Crippen LogP) is 1.93. The van der Waals surface area contributed by atoms with Gasteiger partial charge in [-0.1, -0.05) is 0 Å². The second kappa shape index (κ2) is 3.68. The summed E-state index contributed by atoms with van der Waals surface area (Å²) in [5.41, 5.74) is 0. The number of hydrogen-bond donors (Lipinski definition) is 1. The summed E-state index contributed by atoms with van der Waals surface area (Å²) >= 11 is 1.83. The molecular formula is C10H16N2S. The van der Waals surface area contributed by atoms with Crippen molar-refractivity contribution in [2.24, 2.45) is 0 Å². The van der Waals surface area contributed by atoms with Crippen molar-refractivity contribution >= 4 is 16.3 Å². The molecule has 1 saturated heterocycles. The smallest absolute Gasteiger partial charge is 0.0909 e. The van der Waals surface area contributed by atoms with Gasteiger partial charge in [-0.25, -0.2) is 0 Å². The van der Waals surface area contributed by atoms with Gasteiger partial charge in [0.05, 0.1) is 5.00 Å². The summed E-state index contributed by atoms with van der Waals surface area (Å²) in [4.78, 5) is 2.47. The monoisotopic (exact) mass is 196 g/mol. The topological polar surface area (TPSA) is 15.3 Å². The lowest BCUT2D eigenvalue weighted by molar-refractivity contribution is 0.408. The molecule has 0 unspecified atom stereocenters. The molecule has 2 heterocycles. The van der Waals surface area contributed by atoms with E-state index in [1.54, 1.807) is 0 Å². The van der Waals surface area contributed by atoms with Crippen LogP contribution in [0.4, 0.5) is 5.00 Å². The van der Waals surface area contributed by atoms with Crippen molar-refractivity contribution in [1.82, 2.24) is 5.32 Å². The van der Waals surface area contributed by atoms with Crippen LogP contribution in [0.2, 0.25) is 0 Å². The van der Waals surface area contributed by atoms with E-state index in [-0.39, 0.29) is 0 Å². The van der Waals surface area contributed by atoms with Crippen LogP contribution in [0.5, 0.6) is 0 Å². The summed E-state index contributed by atoms with van der Waals surface area (Å²) in [7, 11) is 0. The minimum Gasteiger partial charge on any atom is -0.360 e. The van der Waals surface area contributed by atoms with Crippen LogP contribution in [0.3, 0.4) is 0 Å². The van der Waals surface area contributed by atoms with Crippen LogP contribution in [0.15, 0.2) is 17.5 Å². The number of hydrogen-bond acceptors (Lipinski definition) is 3. The maximum absolute atomic E-state index is 3.53. The van der Waals surface area contributed by atoms with Gasteiger partial charge in [0.2, 0.25) is 0 Å². The summed E-state index contributed by atoms with van der Waals surface area (Å²) in [5, 5.41) is 7.08. The van der Waals surface area contributed by atoms with Crippen molar-refractivity contribution in [2.75, 3.05) is 18.0 Å². The van der Waals surface area contributed by atoms with Gasteiger partial charge in [0, 0.05) is 25.2 Å². The second-order valence-electron chi connectivity index (χ2n) is 3.83. The molecule has 2 atom stereocenters. The molecule has 1 fully saturated rings. The Bertz CT molecular complexity index is 248. The number of rotatable bonds is 1. The Kier molecular flexibility index (Phi) is 2.56. The van der Waals surface area contributed by atoms with Gasteiger partial charge in [-0.3, -0.25) is 0 Å². The van der Waals surface area contributed by atoms with Crippen molar-refractivity contribution in [3.8, 4) is 0 Å². The average Bonchev–Trinajstić information content (AvgIpc) is 2.53. The van der Waals surface area contributed by atoms with Crippen LogP contribution < -0.4 is 10.2 Å². The lowest BCUT2D eigenvalue weighted by Gasteiger charge is -2.36. The molecular weight excluding hydrogens is 180 g/mol. The summed E-state index contributed by atoms with van der Waals surface area (Å²) in [6.07, 6.45) is 0. The van der Waals surface area contributed by atoms with E-state index in [1.807, 2.05) is 11.3 Å². The number of nitrogens with one attached hydrogen (secondary N) is 1. The number of nitrogens with zero attached hydrogens (tertiary/aromatic N) is 1. The minimum atomic E-state index is 0.603. The Morgan fingerprint density at radius 3 is 2.62 bits per heavy atom. The van der Waals surface area contributed by atoms with Crippen molar-refractivity contribution in [3.05, 3.63) is 17.5 Å². The van der Waals surface area contributed by atoms with E-state index in [4.69, 9.17) is 0 Å². The Labute approximate surface area is 83.6 Å². The molecule has 0 aliphatic carbocycles. The summed E-state index contributed by atoms with van der Waals surface area (Å²) < 4.78 is 0. The number of anilines is 1. The first kappa shape index (κ1) is 9.03. The third-order valence-corrected chi connectivity index (χ3v) is 3.30. The molecule has 1 aromatic heterocycles. The van der Waals surface area contributed by atoms with Crippen molar-refractivity contribution < 1.29 is 0 Å². The maximum Gasteiger partial charge on any atom is 0.0909 e. The van der Waals surface area contributed by atoms with Gasteiger partial charge >= 0.3 is 0 Å². The molecule has 13 heavy (non-hydrogen) atoms. The van der Waals surface area contributed by atoms with Gasteiger partial charge in [-0.2, -0.15) is 0 Å². The Hall–Kier alpha value is -0.540. The highest BCUT2D eigenvalue weighted by molar-refractivity contribution is 7.14. The standard InChI is InChI=1S/C10H16N2S/c1-8-6-12(7-9(2)11-8)10-4-3-5-13-10/h3-5,8-9,11H,6-7H2,1-2H3/t8-,9+. The van der Waals surface area contributed by atoms with Crippen LogP contribution in [0.1, 0.15) is 13.8 Å². The summed E-state index contributed by atoms with van der Waals surface area (Å²) in [6, 6.07) is 5.53. The molecule has 2 nitrogen and oxygen atoms in total. The van der Waals surface area contributed by atoms with Gasteiger partial charge in [-0.15, -0.1) is 11.3 Å². The van der Waals surface area contributed by atoms with E-state index >= 15 is 0 Å². The molecule has 0 radical (unpaired) electrons. The molecule has 1 aliphatic heterocycles. The lowest BCUT2D eigenvalue weighted by Crippen LogP contribution is -2.54. The first-order valence-corrected chi connectivity index (χ1v) is 5.68. The highest BCUT2D eigenvalue weighted by atomic mass is 32.1. The third kappa shape index (κ3) is 2.03. The van der Waals surface area contributed by atoms with E-state index in [9.17, 15) is 0 Å². The molecule has 0 bridgehead atoms. The molecule has 0 spiro atoms. The Morgan fingerprint density at radius 2 is 2.08 bits per heavy atom. The quantitative estimate of drug-likeness (QED) is 0.738. The Morgan fingerprint density at radius 1 is 1.38 bits per heavy atom. The average molecular weight is 196 g/mol. The van der Waals surface area contributed by atoms with E-state index < -0.39 is 0 Å². The first-order valence-electron chi connectivity index (χ1n) is 4.80. The zero-order chi connectivity index (χ0) is 9.26. The molecule has 0 saturated carbocycles. The fraction of sp³-hybridized carbons (Fsp3) is 0.600. The number of thiophene rings is 1. The fourth-order valence-corrected chi connectivity index (χ4v) is 2.71. The number of piperazine rings is 1. The SMILES string of the molecule is C[C@@H]1CN(c2cccs2)C[C@H](C)N1. The van der Waals surface area contributed by atoms with E-state index in [0.717, 1.165) is 13.1 Å². The van der Waals surface area contributed by atoms with E-state index in [2.05, 4.69) is 41.6 Å². The highest BCUT2D eigenvalue weighted by Crippen LogP contribution is 2.23. The molecule has 3 heteroatoms. The molecule has 72 valence electrons. The van der Waals surface area contributed by atoms with Gasteiger partial charge in [0.15, 0.2) is 0 Å². The van der Waals surface area contributed by atoms with Crippen LogP contribution >= 0.6 is 11.3 Å². The van der Waals surface area contributed by atoms with E-state index in [0.29, 0.717) is 12.1 Å². The normalized spacial score (nSPS) is 29.2. The third-order valence-electron chi connectivity index (χ3n) is 2.38. The van der Waals surface area contributed by atoms with Gasteiger partial charge in [-0.05, 0) is 31.4 Å². The molecule has 1 aliphatic rings. The van der Waals surface area contributed by atoms with Crippen molar-refractivity contribution in [3.63, 3.8) is 0 Å². The van der Waals surface area contributed by atoms with Crippen LogP contribution in [-0.2, 0) is 0 Å². The van der Waals surface area contributed by atoms with Crippen molar-refractivity contribution in [2.45, 2.75) is 25.9 Å². The fourth-order valence-electron chi connectivity index (χ4n) is 1.96. The molecule has 1 aromatic rings. The highest BCUT2D eigenvalue weighted by Gasteiger charge is 2.21. The summed E-state index contributed by atoms with van der Waals surface area (Å²) in [5.74, 6) is 0. The van der Waals surface area contributed by atoms with Gasteiger partial charge in [0.1, 0.15) is 0 Å². The zero-order valence-corrected chi connectivity index (χ0v) is 8.97. The largest absolute Gasteiger partial charge is 0.360 e. The minimum absolute atomic E-state index is 0.603. The molecule has 0 amide bonds. The Balaban J connectivity index is 2.07.